The Balaban J connectivity index is 0.00000162. The summed E-state index contributed by atoms with van der Waals surface area (Å²) in [5.41, 5.74) is 0. The Bertz CT molecular complexity index is 302. The zero-order chi connectivity index (χ0) is 12.3. The number of hydrogen-bond donors (Lipinski definition) is 2. The van der Waals surface area contributed by atoms with Crippen molar-refractivity contribution in [3.05, 3.63) is 0 Å². The molecule has 1 saturated heterocycles. The Morgan fingerprint density at radius 2 is 2.06 bits per heavy atom. The molecule has 6 heteroatoms. The first-order valence-corrected chi connectivity index (χ1v) is 6.39. The van der Waals surface area contributed by atoms with Crippen LogP contribution < -0.4 is 10.6 Å². The first-order chi connectivity index (χ1) is 8.15. The van der Waals surface area contributed by atoms with Crippen molar-refractivity contribution in [1.82, 2.24) is 15.5 Å². The average Bonchev–Trinajstić information content (AvgIpc) is 2.93. The van der Waals surface area contributed by atoms with E-state index in [0.717, 1.165) is 32.4 Å². The van der Waals surface area contributed by atoms with Crippen LogP contribution in [0.5, 0.6) is 0 Å². The third-order valence-corrected chi connectivity index (χ3v) is 3.37. The Morgan fingerprint density at radius 3 is 2.61 bits per heavy atom. The number of carbonyl (C=O) groups excluding carboxylic acids is 2. The van der Waals surface area contributed by atoms with Crippen LogP contribution in [-0.4, -0.2) is 49.4 Å². The summed E-state index contributed by atoms with van der Waals surface area (Å²) >= 11 is 0. The first kappa shape index (κ1) is 15.2. The maximum Gasteiger partial charge on any atom is 0.239 e. The van der Waals surface area contributed by atoms with Gasteiger partial charge < -0.3 is 15.5 Å². The highest BCUT2D eigenvalue weighted by Gasteiger charge is 2.25. The largest absolute Gasteiger partial charge is 0.352 e. The van der Waals surface area contributed by atoms with E-state index in [4.69, 9.17) is 0 Å². The van der Waals surface area contributed by atoms with Crippen LogP contribution in [0, 0.1) is 5.92 Å². The van der Waals surface area contributed by atoms with Gasteiger partial charge in [0.05, 0.1) is 6.54 Å². The van der Waals surface area contributed by atoms with Gasteiger partial charge in [-0.3, -0.25) is 9.59 Å². The molecular formula is C12H22ClN3O2. The number of rotatable bonds is 5. The predicted octanol–water partition coefficient (Wildman–Crippen LogP) is 0.145. The zero-order valence-electron chi connectivity index (χ0n) is 10.8. The van der Waals surface area contributed by atoms with Gasteiger partial charge in [0.15, 0.2) is 0 Å². The molecule has 0 bridgehead atoms. The monoisotopic (exact) mass is 275 g/mol. The van der Waals surface area contributed by atoms with Crippen molar-refractivity contribution in [2.45, 2.75) is 31.7 Å². The lowest BCUT2D eigenvalue weighted by Crippen LogP contribution is -2.39. The van der Waals surface area contributed by atoms with Gasteiger partial charge in [-0.15, -0.1) is 12.4 Å². The summed E-state index contributed by atoms with van der Waals surface area (Å²) in [6.45, 7) is 2.12. The van der Waals surface area contributed by atoms with Gasteiger partial charge in [-0.05, 0) is 38.3 Å². The van der Waals surface area contributed by atoms with Gasteiger partial charge in [0.25, 0.3) is 0 Å². The van der Waals surface area contributed by atoms with Gasteiger partial charge in [0.2, 0.25) is 11.8 Å². The van der Waals surface area contributed by atoms with E-state index in [9.17, 15) is 9.59 Å². The van der Waals surface area contributed by atoms with Crippen LogP contribution in [0.3, 0.4) is 0 Å². The van der Waals surface area contributed by atoms with Crippen LogP contribution in [-0.2, 0) is 9.59 Å². The van der Waals surface area contributed by atoms with E-state index in [0.29, 0.717) is 18.4 Å². The molecule has 18 heavy (non-hydrogen) atoms. The molecule has 1 heterocycles. The summed E-state index contributed by atoms with van der Waals surface area (Å²) in [4.78, 5) is 24.9. The molecule has 0 radical (unpaired) electrons. The van der Waals surface area contributed by atoms with Crippen LogP contribution in [0.15, 0.2) is 0 Å². The molecule has 2 N–H and O–H groups in total. The Labute approximate surface area is 114 Å². The Morgan fingerprint density at radius 1 is 1.33 bits per heavy atom. The van der Waals surface area contributed by atoms with Crippen molar-refractivity contribution in [2.24, 2.45) is 5.92 Å². The minimum absolute atomic E-state index is 0. The smallest absolute Gasteiger partial charge is 0.239 e. The minimum atomic E-state index is -0.0344. The van der Waals surface area contributed by atoms with Gasteiger partial charge in [0, 0.05) is 19.5 Å². The molecular weight excluding hydrogens is 254 g/mol. The third kappa shape index (κ3) is 4.82. The van der Waals surface area contributed by atoms with Gasteiger partial charge in [0.1, 0.15) is 0 Å². The van der Waals surface area contributed by atoms with E-state index in [1.165, 1.54) is 4.90 Å². The highest BCUT2D eigenvalue weighted by Crippen LogP contribution is 2.18. The van der Waals surface area contributed by atoms with Crippen LogP contribution in [0.25, 0.3) is 0 Å². The quantitative estimate of drug-likeness (QED) is 0.751. The molecule has 1 saturated carbocycles. The van der Waals surface area contributed by atoms with Gasteiger partial charge in [-0.25, -0.2) is 0 Å². The second kappa shape index (κ2) is 6.95. The second-order valence-corrected chi connectivity index (χ2v) is 5.15. The van der Waals surface area contributed by atoms with E-state index in [1.54, 1.807) is 7.05 Å². The molecule has 1 unspecified atom stereocenters. The van der Waals surface area contributed by atoms with Crippen molar-refractivity contribution in [1.29, 1.82) is 0 Å². The van der Waals surface area contributed by atoms with Crippen molar-refractivity contribution in [2.75, 3.05) is 26.7 Å². The zero-order valence-corrected chi connectivity index (χ0v) is 11.6. The lowest BCUT2D eigenvalue weighted by atomic mass is 10.0. The Hall–Kier alpha value is -0.810. The van der Waals surface area contributed by atoms with Crippen LogP contribution in [0.2, 0.25) is 0 Å². The molecule has 2 fully saturated rings. The molecule has 5 nitrogen and oxygen atoms in total. The molecule has 2 aliphatic rings. The number of hydrogen-bond acceptors (Lipinski definition) is 3. The fourth-order valence-electron chi connectivity index (χ4n) is 2.10. The van der Waals surface area contributed by atoms with E-state index in [2.05, 4.69) is 10.6 Å². The SMILES string of the molecule is CN(CC(=O)NC1CC1)C(=O)CC1CCNC1.Cl. The fourth-order valence-corrected chi connectivity index (χ4v) is 2.10. The van der Waals surface area contributed by atoms with Crippen molar-refractivity contribution >= 4 is 24.2 Å². The topological polar surface area (TPSA) is 61.4 Å². The van der Waals surface area contributed by atoms with Gasteiger partial charge in [-0.2, -0.15) is 0 Å². The lowest BCUT2D eigenvalue weighted by Gasteiger charge is -2.18. The average molecular weight is 276 g/mol. The number of nitrogens with zero attached hydrogens (tertiary/aromatic N) is 1. The van der Waals surface area contributed by atoms with Crippen LogP contribution in [0.1, 0.15) is 25.7 Å². The summed E-state index contributed by atoms with van der Waals surface area (Å²) in [7, 11) is 1.71. The molecule has 1 aliphatic heterocycles. The highest BCUT2D eigenvalue weighted by molar-refractivity contribution is 5.85. The number of nitrogens with one attached hydrogen (secondary N) is 2. The standard InChI is InChI=1S/C12H21N3O2.ClH/c1-15(8-11(16)14-10-2-3-10)12(17)6-9-4-5-13-7-9;/h9-10,13H,2-8H2,1H3,(H,14,16);1H. The summed E-state index contributed by atoms with van der Waals surface area (Å²) in [6, 6.07) is 0.366. The lowest BCUT2D eigenvalue weighted by molar-refractivity contribution is -0.135. The molecule has 0 aromatic carbocycles. The summed E-state index contributed by atoms with van der Waals surface area (Å²) in [5, 5.41) is 6.13. The highest BCUT2D eigenvalue weighted by atomic mass is 35.5. The van der Waals surface area contributed by atoms with Gasteiger partial charge in [-0.1, -0.05) is 0 Å². The minimum Gasteiger partial charge on any atom is -0.352 e. The molecule has 1 aliphatic carbocycles. The van der Waals surface area contributed by atoms with Crippen LogP contribution in [0.4, 0.5) is 0 Å². The van der Waals surface area contributed by atoms with Gasteiger partial charge >= 0.3 is 0 Å². The number of carbonyl (C=O) groups is 2. The first-order valence-electron chi connectivity index (χ1n) is 6.39. The molecule has 0 aromatic rings. The summed E-state index contributed by atoms with van der Waals surface area (Å²) in [5.74, 6) is 0.481. The van der Waals surface area contributed by atoms with E-state index >= 15 is 0 Å². The number of amides is 2. The molecule has 1 atom stereocenters. The normalized spacial score (nSPS) is 22.2. The maximum atomic E-state index is 11.9. The second-order valence-electron chi connectivity index (χ2n) is 5.15. The predicted molar refractivity (Wildman–Crippen MR) is 71.6 cm³/mol. The molecule has 2 rings (SSSR count). The maximum absolute atomic E-state index is 11.9. The molecule has 2 amide bonds. The van der Waals surface area contributed by atoms with Crippen molar-refractivity contribution in [3.63, 3.8) is 0 Å². The van der Waals surface area contributed by atoms with E-state index in [-0.39, 0.29) is 30.8 Å². The third-order valence-electron chi connectivity index (χ3n) is 3.37. The number of halogens is 1. The molecule has 0 aromatic heterocycles. The number of likely N-dealkylation sites (N-methyl/N-ethyl adjacent to an activating group) is 1. The molecule has 104 valence electrons. The van der Waals surface area contributed by atoms with Crippen molar-refractivity contribution in [3.8, 4) is 0 Å². The summed E-state index contributed by atoms with van der Waals surface area (Å²) < 4.78 is 0. The van der Waals surface area contributed by atoms with E-state index < -0.39 is 0 Å². The Kier molecular flexibility index (Phi) is 5.88. The van der Waals surface area contributed by atoms with Crippen molar-refractivity contribution < 1.29 is 9.59 Å². The fraction of sp³-hybridized carbons (Fsp3) is 0.833. The van der Waals surface area contributed by atoms with E-state index in [1.807, 2.05) is 0 Å². The van der Waals surface area contributed by atoms with Crippen LogP contribution >= 0.6 is 12.4 Å². The molecule has 0 spiro atoms. The summed E-state index contributed by atoms with van der Waals surface area (Å²) in [6.07, 6.45) is 3.78.